The Labute approximate surface area is 98.5 Å². The minimum absolute atomic E-state index is 0.333. The number of hydrogen-bond donors (Lipinski definition) is 1. The van der Waals surface area contributed by atoms with Crippen LogP contribution in [0, 0.1) is 0 Å². The van der Waals surface area contributed by atoms with Gasteiger partial charge < -0.3 is 5.11 Å². The minimum atomic E-state index is -0.333. The Morgan fingerprint density at radius 2 is 1.94 bits per heavy atom. The molecule has 0 aliphatic rings. The highest BCUT2D eigenvalue weighted by atomic mass is 16.3. The molecule has 3 heteroatoms. The van der Waals surface area contributed by atoms with Gasteiger partial charge in [-0.05, 0) is 6.42 Å². The van der Waals surface area contributed by atoms with Crippen LogP contribution in [0.2, 0.25) is 0 Å². The second kappa shape index (κ2) is 7.44. The van der Waals surface area contributed by atoms with E-state index in [9.17, 15) is 5.11 Å². The summed E-state index contributed by atoms with van der Waals surface area (Å²) < 4.78 is 1.74. The molecular weight excluding hydrogens is 200 g/mol. The van der Waals surface area contributed by atoms with E-state index in [1.54, 1.807) is 10.9 Å². The van der Waals surface area contributed by atoms with Gasteiger partial charge in [0.1, 0.15) is 0 Å². The normalized spacial score (nSPS) is 12.9. The molecule has 1 aromatic heterocycles. The van der Waals surface area contributed by atoms with Gasteiger partial charge in [-0.1, -0.05) is 45.4 Å². The van der Waals surface area contributed by atoms with Crippen molar-refractivity contribution in [2.24, 2.45) is 7.05 Å². The van der Waals surface area contributed by atoms with Gasteiger partial charge in [0.15, 0.2) is 0 Å². The largest absolute Gasteiger partial charge is 0.388 e. The smallest absolute Gasteiger partial charge is 0.0820 e. The van der Waals surface area contributed by atoms with Crippen LogP contribution >= 0.6 is 0 Å². The summed E-state index contributed by atoms with van der Waals surface area (Å²) in [6.07, 6.45) is 11.8. The molecule has 0 aliphatic heterocycles. The molecule has 92 valence electrons. The third-order valence-electron chi connectivity index (χ3n) is 2.94. The van der Waals surface area contributed by atoms with Crippen molar-refractivity contribution < 1.29 is 5.11 Å². The second-order valence-electron chi connectivity index (χ2n) is 4.52. The summed E-state index contributed by atoms with van der Waals surface area (Å²) in [5.74, 6) is 0. The highest BCUT2D eigenvalue weighted by Gasteiger charge is 2.08. The fourth-order valence-corrected chi connectivity index (χ4v) is 1.90. The summed E-state index contributed by atoms with van der Waals surface area (Å²) >= 11 is 0. The molecule has 0 aliphatic carbocycles. The van der Waals surface area contributed by atoms with Crippen molar-refractivity contribution >= 4 is 0 Å². The number of rotatable bonds is 8. The Hall–Kier alpha value is -0.830. The number of nitrogens with zero attached hydrogens (tertiary/aromatic N) is 2. The molecule has 1 heterocycles. The second-order valence-corrected chi connectivity index (χ2v) is 4.52. The lowest BCUT2D eigenvalue weighted by Crippen LogP contribution is -1.96. The van der Waals surface area contributed by atoms with Crippen LogP contribution in [0.1, 0.15) is 63.5 Å². The van der Waals surface area contributed by atoms with Gasteiger partial charge in [0, 0.05) is 18.8 Å². The standard InChI is InChI=1S/C13H24N2O/c1-3-4-5-6-7-8-9-13(16)12-10-14-15(2)11-12/h10-11,13,16H,3-9H2,1-2H3. The Kier molecular flexibility index (Phi) is 6.16. The van der Waals surface area contributed by atoms with Crippen molar-refractivity contribution in [1.82, 2.24) is 9.78 Å². The van der Waals surface area contributed by atoms with E-state index < -0.39 is 0 Å². The Morgan fingerprint density at radius 1 is 1.25 bits per heavy atom. The maximum Gasteiger partial charge on any atom is 0.0820 e. The van der Waals surface area contributed by atoms with Crippen molar-refractivity contribution in [2.75, 3.05) is 0 Å². The van der Waals surface area contributed by atoms with Crippen LogP contribution in [0.4, 0.5) is 0 Å². The van der Waals surface area contributed by atoms with Gasteiger partial charge in [-0.3, -0.25) is 4.68 Å². The number of unbranched alkanes of at least 4 members (excludes halogenated alkanes) is 5. The fraction of sp³-hybridized carbons (Fsp3) is 0.769. The molecule has 0 radical (unpaired) electrons. The first kappa shape index (κ1) is 13.2. The number of aliphatic hydroxyl groups is 1. The third-order valence-corrected chi connectivity index (χ3v) is 2.94. The van der Waals surface area contributed by atoms with E-state index in [4.69, 9.17) is 0 Å². The first-order valence-electron chi connectivity index (χ1n) is 6.40. The van der Waals surface area contributed by atoms with Crippen LogP contribution in [0.5, 0.6) is 0 Å². The van der Waals surface area contributed by atoms with E-state index in [1.165, 1.54) is 32.1 Å². The van der Waals surface area contributed by atoms with Crippen LogP contribution in [0.15, 0.2) is 12.4 Å². The number of aryl methyl sites for hydroxylation is 1. The van der Waals surface area contributed by atoms with Gasteiger partial charge in [0.2, 0.25) is 0 Å². The molecule has 1 atom stereocenters. The maximum absolute atomic E-state index is 9.88. The molecule has 1 aromatic rings. The van der Waals surface area contributed by atoms with Crippen LogP contribution in [-0.2, 0) is 7.05 Å². The van der Waals surface area contributed by atoms with Gasteiger partial charge >= 0.3 is 0 Å². The quantitative estimate of drug-likeness (QED) is 0.689. The summed E-state index contributed by atoms with van der Waals surface area (Å²) in [6, 6.07) is 0. The van der Waals surface area contributed by atoms with E-state index in [1.807, 2.05) is 13.2 Å². The van der Waals surface area contributed by atoms with E-state index >= 15 is 0 Å². The van der Waals surface area contributed by atoms with E-state index in [2.05, 4.69) is 12.0 Å². The molecule has 16 heavy (non-hydrogen) atoms. The first-order valence-corrected chi connectivity index (χ1v) is 6.40. The molecule has 0 amide bonds. The van der Waals surface area contributed by atoms with Crippen molar-refractivity contribution in [3.8, 4) is 0 Å². The monoisotopic (exact) mass is 224 g/mol. The third kappa shape index (κ3) is 4.79. The van der Waals surface area contributed by atoms with E-state index in [0.717, 1.165) is 18.4 Å². The lowest BCUT2D eigenvalue weighted by Gasteiger charge is -2.07. The number of aromatic nitrogens is 2. The predicted octanol–water partition coefficient (Wildman–Crippen LogP) is 3.20. The van der Waals surface area contributed by atoms with E-state index in [-0.39, 0.29) is 6.10 Å². The topological polar surface area (TPSA) is 38.1 Å². The van der Waals surface area contributed by atoms with Crippen molar-refractivity contribution in [3.63, 3.8) is 0 Å². The predicted molar refractivity (Wildman–Crippen MR) is 66.2 cm³/mol. The number of hydrogen-bond acceptors (Lipinski definition) is 2. The molecule has 0 aromatic carbocycles. The first-order chi connectivity index (χ1) is 7.74. The molecule has 1 rings (SSSR count). The van der Waals surface area contributed by atoms with Gasteiger partial charge in [-0.25, -0.2) is 0 Å². The fourth-order valence-electron chi connectivity index (χ4n) is 1.90. The molecule has 1 unspecified atom stereocenters. The van der Waals surface area contributed by atoms with Gasteiger partial charge in [0.05, 0.1) is 12.3 Å². The van der Waals surface area contributed by atoms with Gasteiger partial charge in [-0.15, -0.1) is 0 Å². The lowest BCUT2D eigenvalue weighted by molar-refractivity contribution is 0.163. The number of aliphatic hydroxyl groups excluding tert-OH is 1. The zero-order valence-corrected chi connectivity index (χ0v) is 10.5. The molecular formula is C13H24N2O. The lowest BCUT2D eigenvalue weighted by atomic mass is 10.0. The molecule has 0 fully saturated rings. The summed E-state index contributed by atoms with van der Waals surface area (Å²) in [7, 11) is 1.88. The maximum atomic E-state index is 9.88. The van der Waals surface area contributed by atoms with Crippen LogP contribution < -0.4 is 0 Å². The minimum Gasteiger partial charge on any atom is -0.388 e. The van der Waals surface area contributed by atoms with Gasteiger partial charge in [0.25, 0.3) is 0 Å². The summed E-state index contributed by atoms with van der Waals surface area (Å²) in [5, 5.41) is 13.9. The van der Waals surface area contributed by atoms with Crippen molar-refractivity contribution in [2.45, 2.75) is 58.0 Å². The molecule has 1 N–H and O–H groups in total. The zero-order chi connectivity index (χ0) is 11.8. The summed E-state index contributed by atoms with van der Waals surface area (Å²) in [5.41, 5.74) is 0.941. The molecule has 3 nitrogen and oxygen atoms in total. The molecule has 0 saturated heterocycles. The van der Waals surface area contributed by atoms with Crippen molar-refractivity contribution in [3.05, 3.63) is 18.0 Å². The van der Waals surface area contributed by atoms with Crippen LogP contribution in [0.3, 0.4) is 0 Å². The highest BCUT2D eigenvalue weighted by Crippen LogP contribution is 2.19. The summed E-state index contributed by atoms with van der Waals surface area (Å²) in [4.78, 5) is 0. The molecule has 0 saturated carbocycles. The zero-order valence-electron chi connectivity index (χ0n) is 10.5. The Balaban J connectivity index is 2.09. The summed E-state index contributed by atoms with van der Waals surface area (Å²) in [6.45, 7) is 2.23. The van der Waals surface area contributed by atoms with Gasteiger partial charge in [-0.2, -0.15) is 5.10 Å². The van der Waals surface area contributed by atoms with Crippen LogP contribution in [-0.4, -0.2) is 14.9 Å². The average Bonchev–Trinajstić information content (AvgIpc) is 2.70. The molecule has 0 bridgehead atoms. The Morgan fingerprint density at radius 3 is 2.56 bits per heavy atom. The van der Waals surface area contributed by atoms with Crippen molar-refractivity contribution in [1.29, 1.82) is 0 Å². The Bertz CT molecular complexity index is 283. The van der Waals surface area contributed by atoms with Crippen LogP contribution in [0.25, 0.3) is 0 Å². The van der Waals surface area contributed by atoms with E-state index in [0.29, 0.717) is 0 Å². The average molecular weight is 224 g/mol. The SMILES string of the molecule is CCCCCCCCC(O)c1cnn(C)c1. The molecule has 0 spiro atoms. The highest BCUT2D eigenvalue weighted by molar-refractivity contribution is 5.07.